The molecule has 0 spiro atoms. The molecule has 2 heterocycles. The number of nitrogens with two attached hydrogens (primary N) is 1. The van der Waals surface area contributed by atoms with E-state index in [-0.39, 0.29) is 0 Å². The number of para-hydroxylation sites is 1. The molecule has 0 aliphatic carbocycles. The lowest BCUT2D eigenvalue weighted by atomic mass is 9.99. The van der Waals surface area contributed by atoms with Crippen molar-refractivity contribution in [3.05, 3.63) is 30.0 Å². The summed E-state index contributed by atoms with van der Waals surface area (Å²) < 4.78 is 29.8. The van der Waals surface area contributed by atoms with Gasteiger partial charge in [0.2, 0.25) is 10.0 Å². The van der Waals surface area contributed by atoms with Gasteiger partial charge in [-0.2, -0.15) is 4.31 Å². The SMILES string of the molecule is Cc1c(S(=O)(=O)N2CCC(CN)CC2)c2ccccc2n1C. The largest absolute Gasteiger partial charge is 0.347 e. The first-order valence-electron chi connectivity index (χ1n) is 7.71. The van der Waals surface area contributed by atoms with E-state index in [1.807, 2.05) is 42.8 Å². The Balaban J connectivity index is 2.05. The Morgan fingerprint density at radius 2 is 1.86 bits per heavy atom. The van der Waals surface area contributed by atoms with Gasteiger partial charge in [0.05, 0.1) is 0 Å². The van der Waals surface area contributed by atoms with Gasteiger partial charge in [0.1, 0.15) is 4.90 Å². The monoisotopic (exact) mass is 321 g/mol. The number of fused-ring (bicyclic) bond motifs is 1. The van der Waals surface area contributed by atoms with Crippen LogP contribution in [0, 0.1) is 12.8 Å². The van der Waals surface area contributed by atoms with Crippen molar-refractivity contribution in [1.29, 1.82) is 0 Å². The van der Waals surface area contributed by atoms with Crippen molar-refractivity contribution in [3.63, 3.8) is 0 Å². The van der Waals surface area contributed by atoms with E-state index in [9.17, 15) is 8.42 Å². The van der Waals surface area contributed by atoms with Crippen LogP contribution in [-0.4, -0.2) is 36.9 Å². The minimum Gasteiger partial charge on any atom is -0.347 e. The molecule has 0 saturated carbocycles. The van der Waals surface area contributed by atoms with Gasteiger partial charge in [-0.05, 0) is 38.3 Å². The van der Waals surface area contributed by atoms with Gasteiger partial charge in [-0.3, -0.25) is 0 Å². The Bertz CT molecular complexity index is 787. The summed E-state index contributed by atoms with van der Waals surface area (Å²) in [5.74, 6) is 0.445. The lowest BCUT2D eigenvalue weighted by Crippen LogP contribution is -2.40. The summed E-state index contributed by atoms with van der Waals surface area (Å²) in [5, 5.41) is 0.809. The van der Waals surface area contributed by atoms with Gasteiger partial charge in [-0.15, -0.1) is 0 Å². The second-order valence-corrected chi connectivity index (χ2v) is 7.95. The summed E-state index contributed by atoms with van der Waals surface area (Å²) in [6, 6.07) is 7.68. The van der Waals surface area contributed by atoms with Crippen molar-refractivity contribution >= 4 is 20.9 Å². The van der Waals surface area contributed by atoms with Crippen LogP contribution in [0.2, 0.25) is 0 Å². The number of benzene rings is 1. The molecule has 0 bridgehead atoms. The van der Waals surface area contributed by atoms with Crippen LogP contribution < -0.4 is 5.73 Å². The van der Waals surface area contributed by atoms with Crippen molar-refractivity contribution in [2.24, 2.45) is 18.7 Å². The molecule has 1 aromatic heterocycles. The highest BCUT2D eigenvalue weighted by Gasteiger charge is 2.32. The van der Waals surface area contributed by atoms with E-state index < -0.39 is 10.0 Å². The molecule has 1 saturated heterocycles. The normalized spacial score (nSPS) is 18.1. The fourth-order valence-electron chi connectivity index (χ4n) is 3.33. The third-order valence-electron chi connectivity index (χ3n) is 4.85. The number of piperidine rings is 1. The van der Waals surface area contributed by atoms with Crippen LogP contribution in [0.3, 0.4) is 0 Å². The molecule has 120 valence electrons. The maximum absolute atomic E-state index is 13.1. The highest BCUT2D eigenvalue weighted by atomic mass is 32.2. The van der Waals surface area contributed by atoms with Crippen molar-refractivity contribution in [2.75, 3.05) is 19.6 Å². The van der Waals surface area contributed by atoms with E-state index in [2.05, 4.69) is 0 Å². The lowest BCUT2D eigenvalue weighted by Gasteiger charge is -2.30. The fraction of sp³-hybridized carbons (Fsp3) is 0.500. The summed E-state index contributed by atoms with van der Waals surface area (Å²) >= 11 is 0. The van der Waals surface area contributed by atoms with Gasteiger partial charge >= 0.3 is 0 Å². The average molecular weight is 321 g/mol. The maximum Gasteiger partial charge on any atom is 0.245 e. The third-order valence-corrected chi connectivity index (χ3v) is 6.92. The molecule has 0 amide bonds. The number of aromatic nitrogens is 1. The average Bonchev–Trinajstić information content (AvgIpc) is 2.80. The molecule has 5 nitrogen and oxygen atoms in total. The van der Waals surface area contributed by atoms with E-state index >= 15 is 0 Å². The Hall–Kier alpha value is -1.37. The smallest absolute Gasteiger partial charge is 0.245 e. The molecule has 2 N–H and O–H groups in total. The molecule has 0 unspecified atom stereocenters. The quantitative estimate of drug-likeness (QED) is 0.938. The zero-order valence-corrected chi connectivity index (χ0v) is 13.9. The summed E-state index contributed by atoms with van der Waals surface area (Å²) in [4.78, 5) is 0.455. The Labute approximate surface area is 131 Å². The first-order chi connectivity index (χ1) is 10.5. The molecule has 3 rings (SSSR count). The molecular formula is C16H23N3O2S. The maximum atomic E-state index is 13.1. The molecule has 0 atom stereocenters. The first-order valence-corrected chi connectivity index (χ1v) is 9.15. The summed E-state index contributed by atoms with van der Waals surface area (Å²) in [6.45, 7) is 3.64. The second-order valence-electron chi connectivity index (χ2n) is 6.07. The van der Waals surface area contributed by atoms with Crippen molar-refractivity contribution in [1.82, 2.24) is 8.87 Å². The molecule has 1 aliphatic rings. The Morgan fingerprint density at radius 1 is 1.23 bits per heavy atom. The number of hydrogen-bond donors (Lipinski definition) is 1. The van der Waals surface area contributed by atoms with Gasteiger partial charge in [-0.1, -0.05) is 18.2 Å². The summed E-state index contributed by atoms with van der Waals surface area (Å²) in [6.07, 6.45) is 1.69. The van der Waals surface area contributed by atoms with E-state index in [1.54, 1.807) is 4.31 Å². The predicted octanol–water partition coefficient (Wildman–Crippen LogP) is 1.85. The molecule has 6 heteroatoms. The van der Waals surface area contributed by atoms with E-state index in [0.717, 1.165) is 29.4 Å². The topological polar surface area (TPSA) is 68.3 Å². The van der Waals surface area contributed by atoms with Crippen molar-refractivity contribution < 1.29 is 8.42 Å². The zero-order valence-electron chi connectivity index (χ0n) is 13.1. The van der Waals surface area contributed by atoms with E-state index in [0.29, 0.717) is 30.4 Å². The molecule has 0 radical (unpaired) electrons. The van der Waals surface area contributed by atoms with Gasteiger partial charge in [-0.25, -0.2) is 8.42 Å². The predicted molar refractivity (Wildman–Crippen MR) is 88.2 cm³/mol. The number of nitrogens with zero attached hydrogens (tertiary/aromatic N) is 2. The van der Waals surface area contributed by atoms with Gasteiger partial charge in [0.15, 0.2) is 0 Å². The van der Waals surface area contributed by atoms with Crippen LogP contribution >= 0.6 is 0 Å². The number of hydrogen-bond acceptors (Lipinski definition) is 3. The van der Waals surface area contributed by atoms with Gasteiger partial charge in [0.25, 0.3) is 0 Å². The van der Waals surface area contributed by atoms with Gasteiger partial charge < -0.3 is 10.3 Å². The standard InChI is InChI=1S/C16H23N3O2S/c1-12-16(14-5-3-4-6-15(14)18(12)2)22(20,21)19-9-7-13(11-17)8-10-19/h3-6,13H,7-11,17H2,1-2H3. The minimum absolute atomic E-state index is 0.445. The van der Waals surface area contributed by atoms with Crippen LogP contribution in [-0.2, 0) is 17.1 Å². The Kier molecular flexibility index (Phi) is 4.01. The number of rotatable bonds is 3. The first kappa shape index (κ1) is 15.5. The Morgan fingerprint density at radius 3 is 2.50 bits per heavy atom. The molecule has 1 aromatic carbocycles. The lowest BCUT2D eigenvalue weighted by molar-refractivity contribution is 0.278. The molecule has 22 heavy (non-hydrogen) atoms. The number of sulfonamides is 1. The zero-order chi connectivity index (χ0) is 15.9. The van der Waals surface area contributed by atoms with Crippen LogP contribution in [0.4, 0.5) is 0 Å². The van der Waals surface area contributed by atoms with E-state index in [1.165, 1.54) is 0 Å². The van der Waals surface area contributed by atoms with Crippen LogP contribution in [0.5, 0.6) is 0 Å². The molecule has 1 aliphatic heterocycles. The van der Waals surface area contributed by atoms with Crippen LogP contribution in [0.1, 0.15) is 18.5 Å². The highest BCUT2D eigenvalue weighted by Crippen LogP contribution is 2.32. The molecule has 1 fully saturated rings. The second kappa shape index (κ2) is 5.68. The van der Waals surface area contributed by atoms with Crippen LogP contribution in [0.25, 0.3) is 10.9 Å². The summed E-state index contributed by atoms with van der Waals surface area (Å²) in [7, 11) is -1.54. The molecule has 2 aromatic rings. The highest BCUT2D eigenvalue weighted by molar-refractivity contribution is 7.89. The molecular weight excluding hydrogens is 298 g/mol. The summed E-state index contributed by atoms with van der Waals surface area (Å²) in [5.41, 5.74) is 7.45. The minimum atomic E-state index is -3.46. The number of aryl methyl sites for hydroxylation is 1. The van der Waals surface area contributed by atoms with Crippen molar-refractivity contribution in [3.8, 4) is 0 Å². The van der Waals surface area contributed by atoms with Crippen molar-refractivity contribution in [2.45, 2.75) is 24.7 Å². The fourth-order valence-corrected chi connectivity index (χ4v) is 5.24. The van der Waals surface area contributed by atoms with E-state index in [4.69, 9.17) is 5.73 Å². The van der Waals surface area contributed by atoms with Gasteiger partial charge in [0, 0.05) is 36.7 Å². The third kappa shape index (κ3) is 2.35. The van der Waals surface area contributed by atoms with Crippen LogP contribution in [0.15, 0.2) is 29.2 Å².